The highest BCUT2D eigenvalue weighted by molar-refractivity contribution is 5.82. The third kappa shape index (κ3) is 4.69. The Morgan fingerprint density at radius 1 is 0.871 bits per heavy atom. The fraction of sp³-hybridized carbons (Fsp3) is 0.400. The third-order valence-corrected chi connectivity index (χ3v) is 6.30. The van der Waals surface area contributed by atoms with Gasteiger partial charge >= 0.3 is 0 Å². The van der Waals surface area contributed by atoms with Crippen LogP contribution in [0.1, 0.15) is 32.1 Å². The van der Waals surface area contributed by atoms with E-state index in [0.29, 0.717) is 6.04 Å². The molecule has 2 N–H and O–H groups in total. The van der Waals surface area contributed by atoms with Crippen LogP contribution in [0.2, 0.25) is 0 Å². The van der Waals surface area contributed by atoms with Crippen molar-refractivity contribution in [1.29, 1.82) is 0 Å². The molecule has 6 heteroatoms. The monoisotopic (exact) mass is 414 g/mol. The van der Waals surface area contributed by atoms with Crippen molar-refractivity contribution < 1.29 is 0 Å². The first kappa shape index (κ1) is 19.9. The minimum absolute atomic E-state index is 0.524. The van der Waals surface area contributed by atoms with Gasteiger partial charge in [-0.1, -0.05) is 19.3 Å². The number of pyridine rings is 3. The molecule has 0 bridgehead atoms. The van der Waals surface area contributed by atoms with Gasteiger partial charge in [0.25, 0.3) is 0 Å². The van der Waals surface area contributed by atoms with E-state index in [1.807, 2.05) is 30.7 Å². The predicted molar refractivity (Wildman–Crippen MR) is 126 cm³/mol. The van der Waals surface area contributed by atoms with Crippen LogP contribution in [0.25, 0.3) is 22.4 Å². The average molecular weight is 415 g/mol. The van der Waals surface area contributed by atoms with Crippen molar-refractivity contribution in [3.8, 4) is 22.4 Å². The van der Waals surface area contributed by atoms with Gasteiger partial charge in [0.1, 0.15) is 11.6 Å². The largest absolute Gasteiger partial charge is 0.367 e. The molecule has 0 atom stereocenters. The highest BCUT2D eigenvalue weighted by Crippen LogP contribution is 2.33. The molecule has 0 aromatic carbocycles. The van der Waals surface area contributed by atoms with Crippen molar-refractivity contribution in [3.63, 3.8) is 0 Å². The number of anilines is 2. The van der Waals surface area contributed by atoms with Gasteiger partial charge in [-0.25, -0.2) is 9.97 Å². The van der Waals surface area contributed by atoms with E-state index in [9.17, 15) is 0 Å². The molecule has 160 valence electrons. The van der Waals surface area contributed by atoms with E-state index in [2.05, 4.69) is 49.8 Å². The first-order chi connectivity index (χ1) is 15.4. The summed E-state index contributed by atoms with van der Waals surface area (Å²) in [5.41, 5.74) is 4.34. The lowest BCUT2D eigenvalue weighted by atomic mass is 9.95. The summed E-state index contributed by atoms with van der Waals surface area (Å²) in [7, 11) is 0. The second-order valence-corrected chi connectivity index (χ2v) is 8.45. The minimum atomic E-state index is 0.524. The fourth-order valence-electron chi connectivity index (χ4n) is 4.62. The average Bonchev–Trinajstić information content (AvgIpc) is 2.86. The maximum atomic E-state index is 5.15. The zero-order valence-electron chi connectivity index (χ0n) is 17.9. The Kier molecular flexibility index (Phi) is 6.07. The van der Waals surface area contributed by atoms with Gasteiger partial charge in [-0.05, 0) is 54.8 Å². The molecule has 0 unspecified atom stereocenters. The zero-order chi connectivity index (χ0) is 20.9. The summed E-state index contributed by atoms with van der Waals surface area (Å²) in [5.74, 6) is 1.98. The van der Waals surface area contributed by atoms with Crippen molar-refractivity contribution in [2.45, 2.75) is 38.1 Å². The van der Waals surface area contributed by atoms with Crippen LogP contribution in [0, 0.1) is 0 Å². The molecular weight excluding hydrogens is 384 g/mol. The number of aromatic nitrogens is 3. The van der Waals surface area contributed by atoms with Gasteiger partial charge in [0.2, 0.25) is 0 Å². The lowest BCUT2D eigenvalue weighted by Crippen LogP contribution is -2.43. The SMILES string of the molecule is c1cc(-c2ccc(N3CCNCC3)nc2-c2ccnc(NC3CCCCC3)c2)ccn1. The Bertz CT molecular complexity index is 994. The molecule has 5 rings (SSSR count). The minimum Gasteiger partial charge on any atom is -0.367 e. The molecule has 0 spiro atoms. The molecule has 1 saturated heterocycles. The number of nitrogens with zero attached hydrogens (tertiary/aromatic N) is 4. The van der Waals surface area contributed by atoms with Gasteiger partial charge in [-0.2, -0.15) is 0 Å². The second kappa shape index (κ2) is 9.43. The first-order valence-electron chi connectivity index (χ1n) is 11.5. The van der Waals surface area contributed by atoms with E-state index < -0.39 is 0 Å². The Labute approximate surface area is 184 Å². The number of nitrogens with one attached hydrogen (secondary N) is 2. The predicted octanol–water partition coefficient (Wildman–Crippen LogP) is 4.36. The molecule has 6 nitrogen and oxygen atoms in total. The molecule has 0 amide bonds. The topological polar surface area (TPSA) is 66.0 Å². The van der Waals surface area contributed by atoms with Crippen LogP contribution in [0.5, 0.6) is 0 Å². The third-order valence-electron chi connectivity index (χ3n) is 6.30. The summed E-state index contributed by atoms with van der Waals surface area (Å²) < 4.78 is 0. The van der Waals surface area contributed by atoms with Gasteiger partial charge in [0.15, 0.2) is 0 Å². The Hall–Kier alpha value is -2.99. The summed E-state index contributed by atoms with van der Waals surface area (Å²) in [5, 5.41) is 7.08. The standard InChI is InChI=1S/C25H30N6/c1-2-4-21(5-3-1)29-23-18-20(10-13-28-23)25-22(19-8-11-26-12-9-19)6-7-24(30-25)31-16-14-27-15-17-31/h6-13,18,21,27H,1-5,14-17H2,(H,28,29). The maximum absolute atomic E-state index is 5.15. The molecule has 2 fully saturated rings. The Balaban J connectivity index is 1.51. The van der Waals surface area contributed by atoms with E-state index in [-0.39, 0.29) is 0 Å². The molecule has 1 aliphatic heterocycles. The molecule has 0 radical (unpaired) electrons. The van der Waals surface area contributed by atoms with E-state index in [4.69, 9.17) is 4.98 Å². The lowest BCUT2D eigenvalue weighted by molar-refractivity contribution is 0.462. The zero-order valence-corrected chi connectivity index (χ0v) is 17.9. The summed E-state index contributed by atoms with van der Waals surface area (Å²) in [6, 6.07) is 13.2. The van der Waals surface area contributed by atoms with Crippen LogP contribution >= 0.6 is 0 Å². The van der Waals surface area contributed by atoms with Crippen molar-refractivity contribution >= 4 is 11.6 Å². The van der Waals surface area contributed by atoms with Gasteiger partial charge in [0, 0.05) is 61.9 Å². The number of hydrogen-bond donors (Lipinski definition) is 2. The van der Waals surface area contributed by atoms with Crippen molar-refractivity contribution in [2.24, 2.45) is 0 Å². The summed E-state index contributed by atoms with van der Waals surface area (Å²) in [6.45, 7) is 3.94. The molecule has 3 aromatic rings. The smallest absolute Gasteiger partial charge is 0.129 e. The Morgan fingerprint density at radius 3 is 2.45 bits per heavy atom. The van der Waals surface area contributed by atoms with Gasteiger partial charge < -0.3 is 15.5 Å². The molecule has 31 heavy (non-hydrogen) atoms. The van der Waals surface area contributed by atoms with Crippen molar-refractivity contribution in [2.75, 3.05) is 36.4 Å². The number of rotatable bonds is 5. The molecule has 4 heterocycles. The highest BCUT2D eigenvalue weighted by atomic mass is 15.2. The van der Waals surface area contributed by atoms with Crippen molar-refractivity contribution in [3.05, 3.63) is 55.0 Å². The van der Waals surface area contributed by atoms with Crippen LogP contribution in [0.15, 0.2) is 55.0 Å². The number of hydrogen-bond acceptors (Lipinski definition) is 6. The highest BCUT2D eigenvalue weighted by Gasteiger charge is 2.18. The molecule has 1 saturated carbocycles. The van der Waals surface area contributed by atoms with Gasteiger partial charge in [-0.15, -0.1) is 0 Å². The van der Waals surface area contributed by atoms with Crippen LogP contribution in [-0.2, 0) is 0 Å². The number of piperazine rings is 1. The maximum Gasteiger partial charge on any atom is 0.129 e. The van der Waals surface area contributed by atoms with Crippen LogP contribution < -0.4 is 15.5 Å². The van der Waals surface area contributed by atoms with Gasteiger partial charge in [0.05, 0.1) is 5.69 Å². The Morgan fingerprint density at radius 2 is 1.65 bits per heavy atom. The van der Waals surface area contributed by atoms with Gasteiger partial charge in [-0.3, -0.25) is 4.98 Å². The molecular formula is C25H30N6. The van der Waals surface area contributed by atoms with Crippen LogP contribution in [0.3, 0.4) is 0 Å². The molecule has 3 aromatic heterocycles. The lowest BCUT2D eigenvalue weighted by Gasteiger charge is -2.29. The van der Waals surface area contributed by atoms with E-state index in [1.54, 1.807) is 0 Å². The van der Waals surface area contributed by atoms with E-state index in [1.165, 1.54) is 32.1 Å². The second-order valence-electron chi connectivity index (χ2n) is 8.45. The molecule has 2 aliphatic rings. The summed E-state index contributed by atoms with van der Waals surface area (Å²) >= 11 is 0. The first-order valence-corrected chi connectivity index (χ1v) is 11.5. The normalized spacial score (nSPS) is 17.5. The van der Waals surface area contributed by atoms with Crippen LogP contribution in [-0.4, -0.2) is 47.2 Å². The fourth-order valence-corrected chi connectivity index (χ4v) is 4.62. The van der Waals surface area contributed by atoms with E-state index in [0.717, 1.165) is 60.2 Å². The quantitative estimate of drug-likeness (QED) is 0.647. The van der Waals surface area contributed by atoms with Crippen molar-refractivity contribution in [1.82, 2.24) is 20.3 Å². The summed E-state index contributed by atoms with van der Waals surface area (Å²) in [4.78, 5) is 16.3. The van der Waals surface area contributed by atoms with E-state index >= 15 is 0 Å². The molecule has 1 aliphatic carbocycles. The van der Waals surface area contributed by atoms with Crippen LogP contribution in [0.4, 0.5) is 11.6 Å². The summed E-state index contributed by atoms with van der Waals surface area (Å²) in [6.07, 6.45) is 12.0.